The van der Waals surface area contributed by atoms with Crippen molar-refractivity contribution in [3.63, 3.8) is 0 Å². The van der Waals surface area contributed by atoms with Crippen LogP contribution in [-0.4, -0.2) is 26.3 Å². The lowest BCUT2D eigenvalue weighted by molar-refractivity contribution is 0.354. The zero-order valence-electron chi connectivity index (χ0n) is 13.0. The van der Waals surface area contributed by atoms with Gasteiger partial charge in [0.2, 0.25) is 0 Å². The molecular weight excluding hydrogens is 264 g/mol. The van der Waals surface area contributed by atoms with E-state index in [0.717, 1.165) is 29.2 Å². The highest BCUT2D eigenvalue weighted by molar-refractivity contribution is 5.44. The normalized spacial score (nSPS) is 12.0. The lowest BCUT2D eigenvalue weighted by atomic mass is 10.0. The van der Waals surface area contributed by atoms with E-state index >= 15 is 0 Å². The average Bonchev–Trinajstić information content (AvgIpc) is 2.53. The quantitative estimate of drug-likeness (QED) is 0.886. The highest BCUT2D eigenvalue weighted by atomic mass is 16.5. The summed E-state index contributed by atoms with van der Waals surface area (Å²) in [4.78, 5) is 4.47. The molecule has 0 aliphatic carbocycles. The number of nitrogens with zero attached hydrogens (tertiary/aromatic N) is 1. The summed E-state index contributed by atoms with van der Waals surface area (Å²) in [7, 11) is 5.25. The van der Waals surface area contributed by atoms with E-state index in [1.807, 2.05) is 32.3 Å². The molecule has 0 aliphatic heterocycles. The number of aromatic nitrogens is 1. The van der Waals surface area contributed by atoms with Crippen molar-refractivity contribution >= 4 is 0 Å². The number of rotatable bonds is 6. The molecule has 2 aromatic rings. The minimum Gasteiger partial charge on any atom is -0.493 e. The summed E-state index contributed by atoms with van der Waals surface area (Å²) in [5.41, 5.74) is 3.39. The minimum atomic E-state index is 0.181. The standard InChI is InChI=1S/C17H22N2O2/c1-12-5-7-14(19-11-12)10-15(18-2)13-6-8-16(20-3)17(9-13)21-4/h5-9,11,15,18H,10H2,1-4H3. The van der Waals surface area contributed by atoms with Crippen LogP contribution in [0.2, 0.25) is 0 Å². The summed E-state index contributed by atoms with van der Waals surface area (Å²) in [5, 5.41) is 3.33. The number of hydrogen-bond acceptors (Lipinski definition) is 4. The summed E-state index contributed by atoms with van der Waals surface area (Å²) >= 11 is 0. The van der Waals surface area contributed by atoms with Gasteiger partial charge in [0.05, 0.1) is 14.2 Å². The Morgan fingerprint density at radius 3 is 2.43 bits per heavy atom. The summed E-state index contributed by atoms with van der Waals surface area (Å²) in [5.74, 6) is 1.48. The Labute approximate surface area is 126 Å². The van der Waals surface area contributed by atoms with Crippen molar-refractivity contribution in [1.29, 1.82) is 0 Å². The van der Waals surface area contributed by atoms with E-state index in [-0.39, 0.29) is 6.04 Å². The number of ether oxygens (including phenoxy) is 2. The zero-order valence-corrected chi connectivity index (χ0v) is 13.0. The van der Waals surface area contributed by atoms with Crippen LogP contribution in [0.1, 0.15) is 22.9 Å². The van der Waals surface area contributed by atoms with E-state index in [2.05, 4.69) is 28.5 Å². The lowest BCUT2D eigenvalue weighted by Gasteiger charge is -2.18. The first-order valence-electron chi connectivity index (χ1n) is 6.98. The fraction of sp³-hybridized carbons (Fsp3) is 0.353. The molecule has 0 saturated carbocycles. The minimum absolute atomic E-state index is 0.181. The largest absolute Gasteiger partial charge is 0.493 e. The van der Waals surface area contributed by atoms with E-state index in [1.54, 1.807) is 14.2 Å². The maximum absolute atomic E-state index is 5.37. The molecule has 0 fully saturated rings. The molecule has 0 amide bonds. The molecule has 1 heterocycles. The van der Waals surface area contributed by atoms with Crippen LogP contribution in [0.5, 0.6) is 11.5 Å². The molecule has 0 aliphatic rings. The monoisotopic (exact) mass is 286 g/mol. The molecule has 1 atom stereocenters. The van der Waals surface area contributed by atoms with Gasteiger partial charge in [-0.25, -0.2) is 0 Å². The van der Waals surface area contributed by atoms with Crippen LogP contribution in [0.15, 0.2) is 36.5 Å². The Morgan fingerprint density at radius 1 is 1.10 bits per heavy atom. The Balaban J connectivity index is 2.22. The van der Waals surface area contributed by atoms with Crippen molar-refractivity contribution in [1.82, 2.24) is 10.3 Å². The number of hydrogen-bond donors (Lipinski definition) is 1. The van der Waals surface area contributed by atoms with Crippen molar-refractivity contribution < 1.29 is 9.47 Å². The summed E-state index contributed by atoms with van der Waals surface area (Å²) in [6.07, 6.45) is 2.73. The number of methoxy groups -OCH3 is 2. The van der Waals surface area contributed by atoms with Crippen molar-refractivity contribution in [2.24, 2.45) is 0 Å². The molecule has 21 heavy (non-hydrogen) atoms. The fourth-order valence-electron chi connectivity index (χ4n) is 2.28. The van der Waals surface area contributed by atoms with Gasteiger partial charge in [0.1, 0.15) is 0 Å². The second-order valence-corrected chi connectivity index (χ2v) is 4.99. The van der Waals surface area contributed by atoms with Crippen molar-refractivity contribution in [2.75, 3.05) is 21.3 Å². The van der Waals surface area contributed by atoms with Gasteiger partial charge < -0.3 is 14.8 Å². The van der Waals surface area contributed by atoms with Crippen molar-refractivity contribution in [3.05, 3.63) is 53.3 Å². The summed E-state index contributed by atoms with van der Waals surface area (Å²) < 4.78 is 10.6. The first-order valence-corrected chi connectivity index (χ1v) is 6.98. The van der Waals surface area contributed by atoms with Crippen LogP contribution in [-0.2, 0) is 6.42 Å². The van der Waals surface area contributed by atoms with Gasteiger partial charge in [-0.05, 0) is 43.3 Å². The van der Waals surface area contributed by atoms with Crippen LogP contribution in [0.3, 0.4) is 0 Å². The Morgan fingerprint density at radius 2 is 1.86 bits per heavy atom. The zero-order chi connectivity index (χ0) is 15.2. The van der Waals surface area contributed by atoms with Crippen LogP contribution in [0, 0.1) is 6.92 Å². The predicted molar refractivity (Wildman–Crippen MR) is 84.0 cm³/mol. The molecule has 0 bridgehead atoms. The number of nitrogens with one attached hydrogen (secondary N) is 1. The maximum atomic E-state index is 5.37. The highest BCUT2D eigenvalue weighted by Crippen LogP contribution is 2.30. The topological polar surface area (TPSA) is 43.4 Å². The smallest absolute Gasteiger partial charge is 0.161 e. The molecule has 1 aromatic carbocycles. The van der Waals surface area contributed by atoms with E-state index in [4.69, 9.17) is 9.47 Å². The predicted octanol–water partition coefficient (Wildman–Crippen LogP) is 2.91. The first-order chi connectivity index (χ1) is 10.2. The van der Waals surface area contributed by atoms with Gasteiger partial charge >= 0.3 is 0 Å². The fourth-order valence-corrected chi connectivity index (χ4v) is 2.28. The third-order valence-electron chi connectivity index (χ3n) is 3.54. The molecule has 2 rings (SSSR count). The van der Waals surface area contributed by atoms with Crippen LogP contribution < -0.4 is 14.8 Å². The van der Waals surface area contributed by atoms with E-state index in [1.165, 1.54) is 5.56 Å². The van der Waals surface area contributed by atoms with Gasteiger partial charge in [-0.2, -0.15) is 0 Å². The Hall–Kier alpha value is -2.07. The summed E-state index contributed by atoms with van der Waals surface area (Å²) in [6.45, 7) is 2.04. The second kappa shape index (κ2) is 7.09. The van der Waals surface area contributed by atoms with Gasteiger partial charge in [0.15, 0.2) is 11.5 Å². The Kier molecular flexibility index (Phi) is 5.17. The lowest BCUT2D eigenvalue weighted by Crippen LogP contribution is -2.19. The second-order valence-electron chi connectivity index (χ2n) is 4.99. The molecule has 0 saturated heterocycles. The van der Waals surface area contributed by atoms with Crippen molar-refractivity contribution in [3.8, 4) is 11.5 Å². The number of aryl methyl sites for hydroxylation is 1. The van der Waals surface area contributed by atoms with E-state index in [9.17, 15) is 0 Å². The maximum Gasteiger partial charge on any atom is 0.161 e. The molecule has 4 nitrogen and oxygen atoms in total. The number of likely N-dealkylation sites (N-methyl/N-ethyl adjacent to an activating group) is 1. The third-order valence-corrected chi connectivity index (χ3v) is 3.54. The number of pyridine rings is 1. The number of benzene rings is 1. The molecule has 4 heteroatoms. The molecule has 1 N–H and O–H groups in total. The molecular formula is C17H22N2O2. The van der Waals surface area contributed by atoms with Gasteiger partial charge in [0, 0.05) is 24.4 Å². The molecule has 1 unspecified atom stereocenters. The van der Waals surface area contributed by atoms with Crippen LogP contribution in [0.25, 0.3) is 0 Å². The third kappa shape index (κ3) is 3.73. The van der Waals surface area contributed by atoms with E-state index < -0.39 is 0 Å². The Bertz CT molecular complexity index is 582. The van der Waals surface area contributed by atoms with Gasteiger partial charge in [-0.3, -0.25) is 4.98 Å². The van der Waals surface area contributed by atoms with Crippen LogP contribution in [0.4, 0.5) is 0 Å². The van der Waals surface area contributed by atoms with E-state index in [0.29, 0.717) is 0 Å². The first kappa shape index (κ1) is 15.3. The SMILES string of the molecule is CNC(Cc1ccc(C)cn1)c1ccc(OC)c(OC)c1. The van der Waals surface area contributed by atoms with Gasteiger partial charge in [-0.1, -0.05) is 12.1 Å². The molecule has 0 radical (unpaired) electrons. The molecule has 1 aromatic heterocycles. The highest BCUT2D eigenvalue weighted by Gasteiger charge is 2.14. The van der Waals surface area contributed by atoms with Gasteiger partial charge in [-0.15, -0.1) is 0 Å². The van der Waals surface area contributed by atoms with Crippen LogP contribution >= 0.6 is 0 Å². The average molecular weight is 286 g/mol. The molecule has 0 spiro atoms. The molecule has 112 valence electrons. The van der Waals surface area contributed by atoms with Crippen molar-refractivity contribution in [2.45, 2.75) is 19.4 Å². The van der Waals surface area contributed by atoms with Gasteiger partial charge in [0.25, 0.3) is 0 Å². The summed E-state index contributed by atoms with van der Waals surface area (Å²) in [6, 6.07) is 10.3.